The monoisotopic (exact) mass is 353 g/mol. The van der Waals surface area contributed by atoms with Crippen molar-refractivity contribution in [1.29, 1.82) is 0 Å². The Labute approximate surface area is 150 Å². The molecule has 26 heavy (non-hydrogen) atoms. The van der Waals surface area contributed by atoms with E-state index in [1.54, 1.807) is 13.0 Å². The van der Waals surface area contributed by atoms with E-state index in [-0.39, 0.29) is 13.0 Å². The molecule has 1 atom stereocenters. The number of aryl methyl sites for hydroxylation is 1. The Bertz CT molecular complexity index is 916. The van der Waals surface area contributed by atoms with E-state index in [2.05, 4.69) is 5.32 Å². The van der Waals surface area contributed by atoms with E-state index in [9.17, 15) is 14.7 Å². The lowest BCUT2D eigenvalue weighted by molar-refractivity contribution is -0.137. The molecule has 6 nitrogen and oxygen atoms in total. The minimum Gasteiger partial charge on any atom is -0.481 e. The SMILES string of the molecule is Cc1oc2ccccc2c1[C@H](CC(=O)O)NC(=O)OCc1ccccc1. The topological polar surface area (TPSA) is 88.8 Å². The molecule has 0 fully saturated rings. The zero-order valence-corrected chi connectivity index (χ0v) is 14.3. The molecule has 0 saturated heterocycles. The van der Waals surface area contributed by atoms with Gasteiger partial charge in [-0.15, -0.1) is 0 Å². The van der Waals surface area contributed by atoms with Gasteiger partial charge in [-0.3, -0.25) is 4.79 Å². The normalized spacial score (nSPS) is 11.9. The minimum absolute atomic E-state index is 0.109. The van der Waals surface area contributed by atoms with Gasteiger partial charge in [-0.2, -0.15) is 0 Å². The molecule has 134 valence electrons. The second-order valence-corrected chi connectivity index (χ2v) is 5.92. The summed E-state index contributed by atoms with van der Waals surface area (Å²) in [5.74, 6) is -0.455. The molecule has 3 rings (SSSR count). The fraction of sp³-hybridized carbons (Fsp3) is 0.200. The van der Waals surface area contributed by atoms with Crippen molar-refractivity contribution >= 4 is 23.0 Å². The minimum atomic E-state index is -1.02. The number of nitrogens with one attached hydrogen (secondary N) is 1. The van der Waals surface area contributed by atoms with Gasteiger partial charge in [0.2, 0.25) is 0 Å². The molecule has 0 aliphatic heterocycles. The molecule has 2 aromatic carbocycles. The van der Waals surface area contributed by atoms with E-state index in [1.165, 1.54) is 0 Å². The zero-order chi connectivity index (χ0) is 18.5. The molecule has 0 spiro atoms. The standard InChI is InChI=1S/C20H19NO5/c1-13-19(15-9-5-6-10-17(15)26-13)16(11-18(22)23)21-20(24)25-12-14-7-3-2-4-8-14/h2-10,16H,11-12H2,1H3,(H,21,24)(H,22,23)/t16-/m0/s1. The van der Waals surface area contributed by atoms with E-state index >= 15 is 0 Å². The van der Waals surface area contributed by atoms with Crippen molar-refractivity contribution in [2.24, 2.45) is 0 Å². The molecule has 1 aromatic heterocycles. The molecule has 1 heterocycles. The summed E-state index contributed by atoms with van der Waals surface area (Å²) >= 11 is 0. The molecule has 0 radical (unpaired) electrons. The lowest BCUT2D eigenvalue weighted by Gasteiger charge is -2.17. The molecule has 0 aliphatic rings. The summed E-state index contributed by atoms with van der Waals surface area (Å²) in [6.45, 7) is 1.86. The van der Waals surface area contributed by atoms with Crippen LogP contribution in [0.4, 0.5) is 4.79 Å². The van der Waals surface area contributed by atoms with Crippen molar-refractivity contribution < 1.29 is 23.8 Å². The third-order valence-corrected chi connectivity index (χ3v) is 4.05. The molecular weight excluding hydrogens is 334 g/mol. The highest BCUT2D eigenvalue weighted by Crippen LogP contribution is 2.32. The van der Waals surface area contributed by atoms with E-state index in [0.29, 0.717) is 16.9 Å². The lowest BCUT2D eigenvalue weighted by Crippen LogP contribution is -2.31. The first-order valence-corrected chi connectivity index (χ1v) is 8.21. The first-order valence-electron chi connectivity index (χ1n) is 8.21. The van der Waals surface area contributed by atoms with Crippen molar-refractivity contribution in [2.75, 3.05) is 0 Å². The predicted octanol–water partition coefficient (Wildman–Crippen LogP) is 4.18. The summed E-state index contributed by atoms with van der Waals surface area (Å²) in [4.78, 5) is 23.5. The molecule has 0 saturated carbocycles. The van der Waals surface area contributed by atoms with Gasteiger partial charge in [0.1, 0.15) is 18.0 Å². The zero-order valence-electron chi connectivity index (χ0n) is 14.3. The lowest BCUT2D eigenvalue weighted by atomic mass is 10.0. The van der Waals surface area contributed by atoms with Crippen LogP contribution in [-0.4, -0.2) is 17.2 Å². The Balaban J connectivity index is 1.78. The highest BCUT2D eigenvalue weighted by Gasteiger charge is 2.25. The largest absolute Gasteiger partial charge is 0.481 e. The van der Waals surface area contributed by atoms with Crippen LogP contribution in [0.15, 0.2) is 59.0 Å². The first-order chi connectivity index (χ1) is 12.5. The smallest absolute Gasteiger partial charge is 0.407 e. The van der Waals surface area contributed by atoms with Gasteiger partial charge in [-0.25, -0.2) is 4.79 Å². The van der Waals surface area contributed by atoms with Crippen LogP contribution < -0.4 is 5.32 Å². The van der Waals surface area contributed by atoms with Crippen molar-refractivity contribution in [3.63, 3.8) is 0 Å². The number of benzene rings is 2. The predicted molar refractivity (Wildman–Crippen MR) is 95.7 cm³/mol. The summed E-state index contributed by atoms with van der Waals surface area (Å²) < 4.78 is 10.9. The molecule has 2 N–H and O–H groups in total. The third-order valence-electron chi connectivity index (χ3n) is 4.05. The van der Waals surface area contributed by atoms with Gasteiger partial charge in [-0.05, 0) is 18.6 Å². The van der Waals surface area contributed by atoms with E-state index in [0.717, 1.165) is 10.9 Å². The Kier molecular flexibility index (Phi) is 5.22. The number of fused-ring (bicyclic) bond motifs is 1. The molecule has 1 amide bonds. The fourth-order valence-corrected chi connectivity index (χ4v) is 2.93. The Hall–Kier alpha value is -3.28. The number of carboxylic acids is 1. The van der Waals surface area contributed by atoms with Crippen LogP contribution in [0, 0.1) is 6.92 Å². The van der Waals surface area contributed by atoms with E-state index in [4.69, 9.17) is 9.15 Å². The van der Waals surface area contributed by atoms with Crippen molar-refractivity contribution in [3.05, 3.63) is 71.5 Å². The number of hydrogen-bond donors (Lipinski definition) is 2. The maximum Gasteiger partial charge on any atom is 0.407 e. The van der Waals surface area contributed by atoms with Gasteiger partial charge in [-0.1, -0.05) is 48.5 Å². The quantitative estimate of drug-likeness (QED) is 0.694. The molecular formula is C20H19NO5. The Morgan fingerprint density at radius 3 is 2.54 bits per heavy atom. The number of rotatable bonds is 6. The number of amides is 1. The Morgan fingerprint density at radius 1 is 1.12 bits per heavy atom. The number of ether oxygens (including phenoxy) is 1. The van der Waals surface area contributed by atoms with Gasteiger partial charge >= 0.3 is 12.1 Å². The van der Waals surface area contributed by atoms with Crippen molar-refractivity contribution in [3.8, 4) is 0 Å². The summed E-state index contributed by atoms with van der Waals surface area (Å²) in [6, 6.07) is 15.8. The van der Waals surface area contributed by atoms with Crippen LogP contribution in [0.5, 0.6) is 0 Å². The summed E-state index contributed by atoms with van der Waals surface area (Å²) in [7, 11) is 0. The highest BCUT2D eigenvalue weighted by atomic mass is 16.5. The number of aliphatic carboxylic acids is 1. The average Bonchev–Trinajstić information content (AvgIpc) is 2.95. The maximum atomic E-state index is 12.2. The van der Waals surface area contributed by atoms with Crippen LogP contribution in [0.3, 0.4) is 0 Å². The van der Waals surface area contributed by atoms with Crippen LogP contribution >= 0.6 is 0 Å². The third kappa shape index (κ3) is 4.03. The second-order valence-electron chi connectivity index (χ2n) is 5.92. The van der Waals surface area contributed by atoms with Gasteiger partial charge in [0.05, 0.1) is 12.5 Å². The van der Waals surface area contributed by atoms with Gasteiger partial charge in [0, 0.05) is 10.9 Å². The van der Waals surface area contributed by atoms with Crippen LogP contribution in [0.1, 0.15) is 29.3 Å². The highest BCUT2D eigenvalue weighted by molar-refractivity contribution is 5.84. The van der Waals surface area contributed by atoms with Crippen molar-refractivity contribution in [1.82, 2.24) is 5.32 Å². The van der Waals surface area contributed by atoms with Gasteiger partial charge < -0.3 is 19.6 Å². The van der Waals surface area contributed by atoms with Crippen LogP contribution in [-0.2, 0) is 16.1 Å². The van der Waals surface area contributed by atoms with Crippen LogP contribution in [0.2, 0.25) is 0 Å². The molecule has 0 unspecified atom stereocenters. The number of hydrogen-bond acceptors (Lipinski definition) is 4. The number of para-hydroxylation sites is 1. The van der Waals surface area contributed by atoms with E-state index < -0.39 is 18.1 Å². The number of carbonyl (C=O) groups is 2. The Morgan fingerprint density at radius 2 is 1.81 bits per heavy atom. The van der Waals surface area contributed by atoms with Gasteiger partial charge in [0.25, 0.3) is 0 Å². The second kappa shape index (κ2) is 7.74. The number of carbonyl (C=O) groups excluding carboxylic acids is 1. The maximum absolute atomic E-state index is 12.2. The number of furan rings is 1. The summed E-state index contributed by atoms with van der Waals surface area (Å²) in [5.41, 5.74) is 2.15. The summed E-state index contributed by atoms with van der Waals surface area (Å²) in [5, 5.41) is 12.7. The first kappa shape index (κ1) is 17.5. The average molecular weight is 353 g/mol. The van der Waals surface area contributed by atoms with E-state index in [1.807, 2.05) is 48.5 Å². The van der Waals surface area contributed by atoms with Crippen molar-refractivity contribution in [2.45, 2.75) is 26.0 Å². The molecule has 3 aromatic rings. The molecule has 0 bridgehead atoms. The van der Waals surface area contributed by atoms with Gasteiger partial charge in [0.15, 0.2) is 0 Å². The molecule has 0 aliphatic carbocycles. The summed E-state index contributed by atoms with van der Waals surface area (Å²) in [6.07, 6.45) is -0.949. The fourth-order valence-electron chi connectivity index (χ4n) is 2.93. The molecule has 6 heteroatoms. The van der Waals surface area contributed by atoms with Crippen LogP contribution in [0.25, 0.3) is 11.0 Å². The number of alkyl carbamates (subject to hydrolysis) is 1. The number of carboxylic acid groups (broad SMARTS) is 1.